The Hall–Kier alpha value is 0. The maximum atomic E-state index is 2.48. The smallest absolute Gasteiger partial charge is 0.0275 e. The second-order valence-corrected chi connectivity index (χ2v) is 5.41. The van der Waals surface area contributed by atoms with Crippen molar-refractivity contribution in [3.05, 3.63) is 0 Å². The molecule has 0 spiro atoms. The molecule has 0 aromatic carbocycles. The molecule has 0 saturated heterocycles. The van der Waals surface area contributed by atoms with Crippen molar-refractivity contribution in [1.29, 1.82) is 0 Å². The van der Waals surface area contributed by atoms with Gasteiger partial charge in [-0.15, -0.1) is 0 Å². The molecular formula is C14H30. The third-order valence-corrected chi connectivity index (χ3v) is 4.70. The fourth-order valence-corrected chi connectivity index (χ4v) is 2.90. The van der Waals surface area contributed by atoms with E-state index < -0.39 is 0 Å². The van der Waals surface area contributed by atoms with Crippen molar-refractivity contribution in [3.63, 3.8) is 0 Å². The summed E-state index contributed by atoms with van der Waals surface area (Å²) in [6, 6.07) is 0. The largest absolute Gasteiger partial charge is 0.0651 e. The Balaban J connectivity index is 4.76. The van der Waals surface area contributed by atoms with Crippen LogP contribution in [0.2, 0.25) is 0 Å². The molecule has 0 N–H and O–H groups in total. The van der Waals surface area contributed by atoms with Crippen LogP contribution in [-0.2, 0) is 0 Å². The van der Waals surface area contributed by atoms with Gasteiger partial charge >= 0.3 is 0 Å². The molecule has 0 heteroatoms. The Bertz CT molecular complexity index is 148. The third-order valence-electron chi connectivity index (χ3n) is 4.70. The van der Waals surface area contributed by atoms with Crippen LogP contribution in [0.5, 0.6) is 0 Å². The van der Waals surface area contributed by atoms with Crippen molar-refractivity contribution >= 4 is 0 Å². The molecule has 0 bridgehead atoms. The Morgan fingerprint density at radius 1 is 0.929 bits per heavy atom. The van der Waals surface area contributed by atoms with Gasteiger partial charge in [-0.1, -0.05) is 67.7 Å². The first-order chi connectivity index (χ1) is 6.43. The van der Waals surface area contributed by atoms with Crippen LogP contribution >= 0.6 is 0 Å². The van der Waals surface area contributed by atoms with Gasteiger partial charge in [-0.3, -0.25) is 0 Å². The van der Waals surface area contributed by atoms with Gasteiger partial charge in [-0.2, -0.15) is 0 Å². The molecule has 0 aliphatic heterocycles. The zero-order valence-electron chi connectivity index (χ0n) is 11.4. The fourth-order valence-electron chi connectivity index (χ4n) is 2.90. The first kappa shape index (κ1) is 14.0. The molecule has 3 atom stereocenters. The van der Waals surface area contributed by atoms with Crippen LogP contribution < -0.4 is 0 Å². The summed E-state index contributed by atoms with van der Waals surface area (Å²) in [7, 11) is 0. The zero-order chi connectivity index (χ0) is 11.4. The van der Waals surface area contributed by atoms with E-state index in [0.717, 1.165) is 17.8 Å². The van der Waals surface area contributed by atoms with E-state index in [1.54, 1.807) is 0 Å². The van der Waals surface area contributed by atoms with Gasteiger partial charge in [0.15, 0.2) is 0 Å². The van der Waals surface area contributed by atoms with Gasteiger partial charge in [0.25, 0.3) is 0 Å². The highest BCUT2D eigenvalue weighted by Gasteiger charge is 2.36. The monoisotopic (exact) mass is 198 g/mol. The van der Waals surface area contributed by atoms with E-state index in [0.29, 0.717) is 5.41 Å². The highest BCUT2D eigenvalue weighted by molar-refractivity contribution is 4.85. The molecule has 0 aromatic rings. The number of hydrogen-bond donors (Lipinski definition) is 0. The molecule has 3 unspecified atom stereocenters. The standard InChI is InChI=1S/C14H30/c1-8-12(6)13(9-2)14(7,10-3)11(4)5/h11-13H,8-10H2,1-7H3. The summed E-state index contributed by atoms with van der Waals surface area (Å²) in [5, 5.41) is 0. The Labute approximate surface area is 91.5 Å². The lowest BCUT2D eigenvalue weighted by molar-refractivity contribution is 0.0604. The molecular weight excluding hydrogens is 168 g/mol. The van der Waals surface area contributed by atoms with Crippen LogP contribution in [0.3, 0.4) is 0 Å². The van der Waals surface area contributed by atoms with Crippen LogP contribution in [0, 0.1) is 23.2 Å². The molecule has 86 valence electrons. The topological polar surface area (TPSA) is 0 Å². The summed E-state index contributed by atoms with van der Waals surface area (Å²) < 4.78 is 0. The number of hydrogen-bond acceptors (Lipinski definition) is 0. The lowest BCUT2D eigenvalue weighted by Crippen LogP contribution is -2.35. The van der Waals surface area contributed by atoms with E-state index in [2.05, 4.69) is 48.5 Å². The van der Waals surface area contributed by atoms with E-state index in [1.165, 1.54) is 19.3 Å². The second-order valence-electron chi connectivity index (χ2n) is 5.41. The first-order valence-corrected chi connectivity index (χ1v) is 6.43. The van der Waals surface area contributed by atoms with Gasteiger partial charge in [-0.25, -0.2) is 0 Å². The van der Waals surface area contributed by atoms with Gasteiger partial charge in [0.1, 0.15) is 0 Å². The van der Waals surface area contributed by atoms with Gasteiger partial charge in [-0.05, 0) is 23.2 Å². The van der Waals surface area contributed by atoms with E-state index >= 15 is 0 Å². The molecule has 0 heterocycles. The van der Waals surface area contributed by atoms with Gasteiger partial charge < -0.3 is 0 Å². The Kier molecular flexibility index (Phi) is 5.78. The highest BCUT2D eigenvalue weighted by atomic mass is 14.4. The lowest BCUT2D eigenvalue weighted by Gasteiger charge is -2.43. The molecule has 0 nitrogen and oxygen atoms in total. The molecule has 0 fully saturated rings. The Morgan fingerprint density at radius 2 is 1.43 bits per heavy atom. The average Bonchev–Trinajstić information content (AvgIpc) is 2.17. The van der Waals surface area contributed by atoms with Crippen molar-refractivity contribution in [3.8, 4) is 0 Å². The highest BCUT2D eigenvalue weighted by Crippen LogP contribution is 2.44. The summed E-state index contributed by atoms with van der Waals surface area (Å²) in [4.78, 5) is 0. The van der Waals surface area contributed by atoms with Crippen LogP contribution in [0.1, 0.15) is 67.7 Å². The quantitative estimate of drug-likeness (QED) is 0.555. The van der Waals surface area contributed by atoms with E-state index in [9.17, 15) is 0 Å². The second kappa shape index (κ2) is 5.78. The third kappa shape index (κ3) is 2.74. The SMILES string of the molecule is CCC(C)C(CC)C(C)(CC)C(C)C. The number of rotatable bonds is 6. The van der Waals surface area contributed by atoms with E-state index in [-0.39, 0.29) is 0 Å². The molecule has 14 heavy (non-hydrogen) atoms. The minimum atomic E-state index is 0.532. The average molecular weight is 198 g/mol. The van der Waals surface area contributed by atoms with Crippen LogP contribution in [0.25, 0.3) is 0 Å². The molecule has 0 saturated carbocycles. The maximum absolute atomic E-state index is 2.48. The van der Waals surface area contributed by atoms with Gasteiger partial charge in [0, 0.05) is 0 Å². The molecule has 0 amide bonds. The summed E-state index contributed by atoms with van der Waals surface area (Å²) >= 11 is 0. The van der Waals surface area contributed by atoms with Crippen LogP contribution in [0.15, 0.2) is 0 Å². The van der Waals surface area contributed by atoms with Crippen molar-refractivity contribution in [2.45, 2.75) is 67.7 Å². The molecule has 0 aliphatic carbocycles. The van der Waals surface area contributed by atoms with Gasteiger partial charge in [0.2, 0.25) is 0 Å². The minimum Gasteiger partial charge on any atom is -0.0651 e. The lowest BCUT2D eigenvalue weighted by atomic mass is 9.62. The van der Waals surface area contributed by atoms with E-state index in [4.69, 9.17) is 0 Å². The maximum Gasteiger partial charge on any atom is -0.0275 e. The molecule has 0 radical (unpaired) electrons. The summed E-state index contributed by atoms with van der Waals surface area (Å²) in [5.41, 5.74) is 0.532. The fraction of sp³-hybridized carbons (Fsp3) is 1.00. The van der Waals surface area contributed by atoms with Crippen molar-refractivity contribution in [2.75, 3.05) is 0 Å². The van der Waals surface area contributed by atoms with Gasteiger partial charge in [0.05, 0.1) is 0 Å². The van der Waals surface area contributed by atoms with E-state index in [1.807, 2.05) is 0 Å². The molecule has 0 aromatic heterocycles. The zero-order valence-corrected chi connectivity index (χ0v) is 11.4. The van der Waals surface area contributed by atoms with Crippen LogP contribution in [0.4, 0.5) is 0 Å². The summed E-state index contributed by atoms with van der Waals surface area (Å²) in [6.45, 7) is 16.7. The normalized spacial score (nSPS) is 20.6. The molecule has 0 rings (SSSR count). The Morgan fingerprint density at radius 3 is 1.64 bits per heavy atom. The molecule has 0 aliphatic rings. The minimum absolute atomic E-state index is 0.532. The first-order valence-electron chi connectivity index (χ1n) is 6.43. The summed E-state index contributed by atoms with van der Waals surface area (Å²) in [5.74, 6) is 2.55. The van der Waals surface area contributed by atoms with Crippen molar-refractivity contribution < 1.29 is 0 Å². The predicted molar refractivity (Wildman–Crippen MR) is 66.5 cm³/mol. The predicted octanol–water partition coefficient (Wildman–Crippen LogP) is 5.13. The van der Waals surface area contributed by atoms with Crippen molar-refractivity contribution in [2.24, 2.45) is 23.2 Å². The van der Waals surface area contributed by atoms with Crippen molar-refractivity contribution in [1.82, 2.24) is 0 Å². The summed E-state index contributed by atoms with van der Waals surface area (Å²) in [6.07, 6.45) is 3.96. The van der Waals surface area contributed by atoms with Crippen LogP contribution in [-0.4, -0.2) is 0 Å².